The SMILES string of the molecule is CCCOc1ccc(C(=O)NC(=S)NNC(=O)COc2ccc(CC)cc2)cc1. The highest BCUT2D eigenvalue weighted by Gasteiger charge is 2.09. The van der Waals surface area contributed by atoms with E-state index in [0.29, 0.717) is 23.7 Å². The molecule has 0 atom stereocenters. The van der Waals surface area contributed by atoms with Gasteiger partial charge in [0.1, 0.15) is 11.5 Å². The van der Waals surface area contributed by atoms with E-state index < -0.39 is 11.8 Å². The Morgan fingerprint density at radius 1 is 0.897 bits per heavy atom. The number of aryl methyl sites for hydroxylation is 1. The van der Waals surface area contributed by atoms with E-state index in [9.17, 15) is 9.59 Å². The number of hydrogen-bond acceptors (Lipinski definition) is 5. The Hall–Kier alpha value is -3.13. The van der Waals surface area contributed by atoms with Crippen molar-refractivity contribution in [3.8, 4) is 11.5 Å². The average molecular weight is 416 g/mol. The van der Waals surface area contributed by atoms with Crippen LogP contribution in [0, 0.1) is 0 Å². The van der Waals surface area contributed by atoms with Gasteiger partial charge in [0.25, 0.3) is 11.8 Å². The molecule has 0 spiro atoms. The molecule has 0 unspecified atom stereocenters. The van der Waals surface area contributed by atoms with Crippen LogP contribution < -0.4 is 25.6 Å². The molecule has 0 aliphatic rings. The van der Waals surface area contributed by atoms with E-state index in [1.807, 2.05) is 31.2 Å². The third-order valence-corrected chi connectivity index (χ3v) is 4.04. The summed E-state index contributed by atoms with van der Waals surface area (Å²) in [6.07, 6.45) is 1.84. The summed E-state index contributed by atoms with van der Waals surface area (Å²) in [6, 6.07) is 14.2. The lowest BCUT2D eigenvalue weighted by atomic mass is 10.2. The maximum absolute atomic E-state index is 12.2. The highest BCUT2D eigenvalue weighted by Crippen LogP contribution is 2.13. The van der Waals surface area contributed by atoms with Crippen LogP contribution in [-0.2, 0) is 11.2 Å². The Kier molecular flexibility index (Phi) is 8.91. The Morgan fingerprint density at radius 3 is 2.14 bits per heavy atom. The molecule has 29 heavy (non-hydrogen) atoms. The highest BCUT2D eigenvalue weighted by atomic mass is 32.1. The number of hydrogen-bond donors (Lipinski definition) is 3. The number of benzene rings is 2. The lowest BCUT2D eigenvalue weighted by Gasteiger charge is -2.12. The van der Waals surface area contributed by atoms with Gasteiger partial charge in [0.05, 0.1) is 6.61 Å². The molecule has 0 radical (unpaired) electrons. The Bertz CT molecular complexity index is 823. The standard InChI is InChI=1S/C21H25N3O4S/c1-3-13-27-17-11-7-16(8-12-17)20(26)22-21(29)24-23-19(25)14-28-18-9-5-15(4-2)6-10-18/h5-12H,3-4,13-14H2,1-2H3,(H,23,25)(H2,22,24,26,29). The van der Waals surface area contributed by atoms with Crippen LogP contribution in [0.5, 0.6) is 11.5 Å². The minimum Gasteiger partial charge on any atom is -0.494 e. The van der Waals surface area contributed by atoms with E-state index in [0.717, 1.165) is 12.8 Å². The normalized spacial score (nSPS) is 10.0. The first-order chi connectivity index (χ1) is 14.0. The van der Waals surface area contributed by atoms with Gasteiger partial charge in [0, 0.05) is 5.56 Å². The van der Waals surface area contributed by atoms with Crippen molar-refractivity contribution in [1.29, 1.82) is 0 Å². The van der Waals surface area contributed by atoms with E-state index in [1.165, 1.54) is 5.56 Å². The van der Waals surface area contributed by atoms with Crippen molar-refractivity contribution in [2.24, 2.45) is 0 Å². The van der Waals surface area contributed by atoms with Gasteiger partial charge in [-0.15, -0.1) is 0 Å². The van der Waals surface area contributed by atoms with E-state index in [1.54, 1.807) is 24.3 Å². The lowest BCUT2D eigenvalue weighted by molar-refractivity contribution is -0.123. The first-order valence-electron chi connectivity index (χ1n) is 9.36. The van der Waals surface area contributed by atoms with Gasteiger partial charge < -0.3 is 9.47 Å². The molecule has 2 amide bonds. The minimum atomic E-state index is -0.432. The number of carbonyl (C=O) groups excluding carboxylic acids is 2. The summed E-state index contributed by atoms with van der Waals surface area (Å²) in [5, 5.41) is 2.46. The largest absolute Gasteiger partial charge is 0.494 e. The van der Waals surface area contributed by atoms with Crippen LogP contribution >= 0.6 is 12.2 Å². The molecule has 2 aromatic carbocycles. The molecule has 3 N–H and O–H groups in total. The van der Waals surface area contributed by atoms with Crippen LogP contribution in [0.2, 0.25) is 0 Å². The first-order valence-corrected chi connectivity index (χ1v) is 9.77. The molecule has 0 saturated carbocycles. The van der Waals surface area contributed by atoms with Gasteiger partial charge >= 0.3 is 0 Å². The predicted octanol–water partition coefficient (Wildman–Crippen LogP) is 2.75. The fourth-order valence-electron chi connectivity index (χ4n) is 2.26. The predicted molar refractivity (Wildman–Crippen MR) is 115 cm³/mol. The van der Waals surface area contributed by atoms with Crippen LogP contribution in [0.3, 0.4) is 0 Å². The van der Waals surface area contributed by atoms with Gasteiger partial charge in [-0.05, 0) is 67.0 Å². The molecule has 2 rings (SSSR count). The lowest BCUT2D eigenvalue weighted by Crippen LogP contribution is -2.49. The minimum absolute atomic E-state index is 0.0260. The molecular weight excluding hydrogens is 390 g/mol. The Morgan fingerprint density at radius 2 is 1.52 bits per heavy atom. The van der Waals surface area contributed by atoms with Crippen molar-refractivity contribution in [2.75, 3.05) is 13.2 Å². The third kappa shape index (κ3) is 7.79. The van der Waals surface area contributed by atoms with Crippen molar-refractivity contribution in [1.82, 2.24) is 16.2 Å². The molecule has 0 fully saturated rings. The molecule has 154 valence electrons. The second-order valence-corrected chi connectivity index (χ2v) is 6.52. The topological polar surface area (TPSA) is 88.7 Å². The molecule has 8 heteroatoms. The molecule has 0 aliphatic carbocycles. The summed E-state index contributed by atoms with van der Waals surface area (Å²) in [6.45, 7) is 4.51. The third-order valence-electron chi connectivity index (χ3n) is 3.83. The number of ether oxygens (including phenoxy) is 2. The maximum Gasteiger partial charge on any atom is 0.276 e. The van der Waals surface area contributed by atoms with Crippen molar-refractivity contribution < 1.29 is 19.1 Å². The molecule has 0 saturated heterocycles. The van der Waals surface area contributed by atoms with Gasteiger partial charge in [0.2, 0.25) is 0 Å². The van der Waals surface area contributed by atoms with Crippen molar-refractivity contribution in [2.45, 2.75) is 26.7 Å². The van der Waals surface area contributed by atoms with Crippen LogP contribution in [0.25, 0.3) is 0 Å². The zero-order chi connectivity index (χ0) is 21.1. The Balaban J connectivity index is 1.71. The van der Waals surface area contributed by atoms with E-state index in [4.69, 9.17) is 21.7 Å². The van der Waals surface area contributed by atoms with Crippen LogP contribution in [0.1, 0.15) is 36.2 Å². The summed E-state index contributed by atoms with van der Waals surface area (Å²) >= 11 is 5.01. The number of thiocarbonyl (C=S) groups is 1. The maximum atomic E-state index is 12.2. The zero-order valence-electron chi connectivity index (χ0n) is 16.5. The molecule has 0 aliphatic heterocycles. The molecule has 0 heterocycles. The second-order valence-electron chi connectivity index (χ2n) is 6.12. The smallest absolute Gasteiger partial charge is 0.276 e. The molecule has 0 bridgehead atoms. The van der Waals surface area contributed by atoms with E-state index in [2.05, 4.69) is 23.1 Å². The van der Waals surface area contributed by atoms with Gasteiger partial charge in [-0.25, -0.2) is 0 Å². The van der Waals surface area contributed by atoms with Gasteiger partial charge in [-0.3, -0.25) is 25.8 Å². The second kappa shape index (κ2) is 11.7. The number of carbonyl (C=O) groups is 2. The zero-order valence-corrected chi connectivity index (χ0v) is 17.3. The average Bonchev–Trinajstić information content (AvgIpc) is 2.75. The quantitative estimate of drug-likeness (QED) is 0.454. The van der Waals surface area contributed by atoms with Gasteiger partial charge in [-0.1, -0.05) is 26.0 Å². The summed E-state index contributed by atoms with van der Waals surface area (Å²) in [4.78, 5) is 24.0. The number of amides is 2. The van der Waals surface area contributed by atoms with Gasteiger partial charge in [-0.2, -0.15) is 0 Å². The number of nitrogens with one attached hydrogen (secondary N) is 3. The first kappa shape index (κ1) is 22.2. The molecular formula is C21H25N3O4S. The summed E-state index contributed by atoms with van der Waals surface area (Å²) in [5.41, 5.74) is 6.45. The number of rotatable bonds is 8. The molecule has 7 nitrogen and oxygen atoms in total. The highest BCUT2D eigenvalue weighted by molar-refractivity contribution is 7.80. The van der Waals surface area contributed by atoms with Crippen molar-refractivity contribution >= 4 is 29.1 Å². The van der Waals surface area contributed by atoms with E-state index >= 15 is 0 Å². The fraction of sp³-hybridized carbons (Fsp3) is 0.286. The van der Waals surface area contributed by atoms with Crippen LogP contribution in [-0.4, -0.2) is 30.1 Å². The monoisotopic (exact) mass is 415 g/mol. The fourth-order valence-corrected chi connectivity index (χ4v) is 2.41. The number of hydrazine groups is 1. The van der Waals surface area contributed by atoms with Gasteiger partial charge in [0.15, 0.2) is 11.7 Å². The summed E-state index contributed by atoms with van der Waals surface area (Å²) < 4.78 is 10.9. The summed E-state index contributed by atoms with van der Waals surface area (Å²) in [5.74, 6) is 0.463. The Labute approximate surface area is 175 Å². The van der Waals surface area contributed by atoms with Crippen LogP contribution in [0.4, 0.5) is 0 Å². The molecule has 0 aromatic heterocycles. The molecule has 2 aromatic rings. The van der Waals surface area contributed by atoms with Crippen molar-refractivity contribution in [3.63, 3.8) is 0 Å². The van der Waals surface area contributed by atoms with E-state index in [-0.39, 0.29) is 11.7 Å². The van der Waals surface area contributed by atoms with Crippen molar-refractivity contribution in [3.05, 3.63) is 59.7 Å². The summed E-state index contributed by atoms with van der Waals surface area (Å²) in [7, 11) is 0. The van der Waals surface area contributed by atoms with Crippen LogP contribution in [0.15, 0.2) is 48.5 Å².